The number of ether oxygens (including phenoxy) is 2. The molecule has 3 aromatic rings. The van der Waals surface area contributed by atoms with Crippen LogP contribution in [0.3, 0.4) is 0 Å². The number of rotatable bonds is 7. The molecule has 0 unspecified atom stereocenters. The van der Waals surface area contributed by atoms with Gasteiger partial charge in [0.25, 0.3) is 17.7 Å². The molecular weight excluding hydrogens is 470 g/mol. The molecule has 1 fully saturated rings. The number of halogens is 1. The van der Waals surface area contributed by atoms with Gasteiger partial charge in [0, 0.05) is 22.3 Å². The fourth-order valence-electron chi connectivity index (χ4n) is 3.51. The number of anilines is 2. The Bertz CT molecular complexity index is 1320. The highest BCUT2D eigenvalue weighted by Crippen LogP contribution is 2.37. The Morgan fingerprint density at radius 2 is 1.80 bits per heavy atom. The Morgan fingerprint density at radius 3 is 2.51 bits per heavy atom. The molecule has 1 aliphatic rings. The van der Waals surface area contributed by atoms with Crippen LogP contribution < -0.4 is 25.2 Å². The third kappa shape index (κ3) is 5.28. The van der Waals surface area contributed by atoms with E-state index in [1.54, 1.807) is 36.4 Å². The van der Waals surface area contributed by atoms with Gasteiger partial charge in [-0.25, -0.2) is 5.01 Å². The number of hydrazine groups is 1. The van der Waals surface area contributed by atoms with Crippen molar-refractivity contribution in [1.29, 1.82) is 0 Å². The van der Waals surface area contributed by atoms with Gasteiger partial charge in [0.1, 0.15) is 5.57 Å². The molecule has 0 aromatic heterocycles. The molecule has 8 nitrogen and oxygen atoms in total. The summed E-state index contributed by atoms with van der Waals surface area (Å²) in [5, 5.41) is 4.25. The maximum absolute atomic E-state index is 13.0. The van der Waals surface area contributed by atoms with E-state index in [1.165, 1.54) is 25.3 Å². The predicted molar refractivity (Wildman–Crippen MR) is 133 cm³/mol. The summed E-state index contributed by atoms with van der Waals surface area (Å²) in [6.07, 6.45) is 1.36. The van der Waals surface area contributed by atoms with Crippen molar-refractivity contribution in [3.63, 3.8) is 0 Å². The molecule has 0 saturated carbocycles. The number of amides is 3. The first-order valence-electron chi connectivity index (χ1n) is 10.7. The first kappa shape index (κ1) is 23.8. The highest BCUT2D eigenvalue weighted by Gasteiger charge is 2.34. The fourth-order valence-corrected chi connectivity index (χ4v) is 3.73. The van der Waals surface area contributed by atoms with E-state index >= 15 is 0 Å². The van der Waals surface area contributed by atoms with Crippen LogP contribution in [0.4, 0.5) is 11.4 Å². The summed E-state index contributed by atoms with van der Waals surface area (Å²) < 4.78 is 11.2. The molecule has 3 amide bonds. The van der Waals surface area contributed by atoms with Crippen molar-refractivity contribution in [3.8, 4) is 11.5 Å². The highest BCUT2D eigenvalue weighted by atomic mass is 35.5. The summed E-state index contributed by atoms with van der Waals surface area (Å²) in [4.78, 5) is 38.1. The molecule has 1 aliphatic heterocycles. The van der Waals surface area contributed by atoms with Crippen LogP contribution in [-0.4, -0.2) is 31.4 Å². The molecule has 0 atom stereocenters. The van der Waals surface area contributed by atoms with E-state index < -0.39 is 11.8 Å². The second-order valence-electron chi connectivity index (χ2n) is 7.65. The zero-order valence-corrected chi connectivity index (χ0v) is 19.8. The van der Waals surface area contributed by atoms with Crippen molar-refractivity contribution in [1.82, 2.24) is 5.43 Å². The van der Waals surface area contributed by atoms with Crippen LogP contribution in [0.15, 0.2) is 72.3 Å². The van der Waals surface area contributed by atoms with E-state index in [4.69, 9.17) is 21.1 Å². The van der Waals surface area contributed by atoms with Crippen molar-refractivity contribution >= 4 is 46.8 Å². The third-order valence-corrected chi connectivity index (χ3v) is 5.46. The zero-order chi connectivity index (χ0) is 24.9. The summed E-state index contributed by atoms with van der Waals surface area (Å²) >= 11 is 6.23. The summed E-state index contributed by atoms with van der Waals surface area (Å²) in [7, 11) is 1.42. The molecule has 1 saturated heterocycles. The number of methoxy groups -OCH3 is 1. The number of hydrogen-bond acceptors (Lipinski definition) is 5. The van der Waals surface area contributed by atoms with Gasteiger partial charge in [-0.1, -0.05) is 48.0 Å². The second kappa shape index (κ2) is 10.3. The van der Waals surface area contributed by atoms with Crippen LogP contribution >= 0.6 is 11.6 Å². The quantitative estimate of drug-likeness (QED) is 0.382. The maximum Gasteiger partial charge on any atom is 0.282 e. The van der Waals surface area contributed by atoms with Gasteiger partial charge in [-0.3, -0.25) is 19.8 Å². The highest BCUT2D eigenvalue weighted by molar-refractivity contribution is 6.32. The number of carbonyl (C=O) groups excluding carboxylic acids is 3. The number of aryl methyl sites for hydroxylation is 1. The van der Waals surface area contributed by atoms with Crippen LogP contribution in [0, 0.1) is 6.92 Å². The van der Waals surface area contributed by atoms with Gasteiger partial charge in [0.2, 0.25) is 0 Å². The minimum Gasteiger partial charge on any atom is -0.493 e. The van der Waals surface area contributed by atoms with E-state index in [0.29, 0.717) is 22.0 Å². The molecule has 1 heterocycles. The molecule has 3 aromatic carbocycles. The first-order chi connectivity index (χ1) is 16.9. The van der Waals surface area contributed by atoms with Crippen LogP contribution in [0.5, 0.6) is 11.5 Å². The van der Waals surface area contributed by atoms with Crippen molar-refractivity contribution in [2.24, 2.45) is 0 Å². The first-order valence-corrected chi connectivity index (χ1v) is 11.0. The Kier molecular flexibility index (Phi) is 7.03. The molecule has 0 aliphatic carbocycles. The van der Waals surface area contributed by atoms with E-state index in [-0.39, 0.29) is 29.6 Å². The number of carbonyl (C=O) groups is 3. The number of nitrogens with zero attached hydrogens (tertiary/aromatic N) is 1. The van der Waals surface area contributed by atoms with Gasteiger partial charge in [0.15, 0.2) is 18.1 Å². The average molecular weight is 492 g/mol. The smallest absolute Gasteiger partial charge is 0.282 e. The lowest BCUT2D eigenvalue weighted by atomic mass is 10.1. The Balaban J connectivity index is 1.61. The van der Waals surface area contributed by atoms with Crippen LogP contribution in [-0.2, 0) is 14.4 Å². The summed E-state index contributed by atoms with van der Waals surface area (Å²) in [5.74, 6) is -1.09. The third-order valence-electron chi connectivity index (χ3n) is 5.24. The Labute approximate surface area is 207 Å². The van der Waals surface area contributed by atoms with Gasteiger partial charge in [-0.05, 0) is 42.8 Å². The minimum atomic E-state index is -0.582. The lowest BCUT2D eigenvalue weighted by Crippen LogP contribution is -2.35. The number of benzene rings is 3. The van der Waals surface area contributed by atoms with Crippen LogP contribution in [0.25, 0.3) is 6.08 Å². The van der Waals surface area contributed by atoms with Crippen LogP contribution in [0.1, 0.15) is 11.1 Å². The lowest BCUT2D eigenvalue weighted by molar-refractivity contribution is -0.118. The van der Waals surface area contributed by atoms with Crippen molar-refractivity contribution < 1.29 is 23.9 Å². The van der Waals surface area contributed by atoms with E-state index in [2.05, 4.69) is 10.7 Å². The fraction of sp³-hybridized carbons (Fsp3) is 0.115. The number of para-hydroxylation sites is 2. The molecular formula is C26H22ClN3O5. The Hall–Kier alpha value is -4.30. The average Bonchev–Trinajstić information content (AvgIpc) is 3.13. The van der Waals surface area contributed by atoms with Gasteiger partial charge in [-0.2, -0.15) is 0 Å². The minimum absolute atomic E-state index is 0.118. The SMILES string of the molecule is COc1cc(Cl)cc(/C=C2/C(=O)NN(c3ccccc3)C2=O)c1OCC(=O)Nc1ccccc1C. The molecule has 0 bridgehead atoms. The normalized spacial score (nSPS) is 14.1. The molecule has 35 heavy (non-hydrogen) atoms. The zero-order valence-electron chi connectivity index (χ0n) is 19.0. The van der Waals surface area contributed by atoms with E-state index in [1.807, 2.05) is 25.1 Å². The van der Waals surface area contributed by atoms with Crippen molar-refractivity contribution in [2.75, 3.05) is 24.0 Å². The molecule has 4 rings (SSSR count). The second-order valence-corrected chi connectivity index (χ2v) is 8.09. The molecule has 0 spiro atoms. The topological polar surface area (TPSA) is 97.0 Å². The largest absolute Gasteiger partial charge is 0.493 e. The summed E-state index contributed by atoms with van der Waals surface area (Å²) in [6, 6.07) is 19.1. The van der Waals surface area contributed by atoms with E-state index in [9.17, 15) is 14.4 Å². The molecule has 0 radical (unpaired) electrons. The lowest BCUT2D eigenvalue weighted by Gasteiger charge is -2.15. The number of hydrogen-bond donors (Lipinski definition) is 2. The Morgan fingerprint density at radius 1 is 1.09 bits per heavy atom. The van der Waals surface area contributed by atoms with Gasteiger partial charge >= 0.3 is 0 Å². The predicted octanol–water partition coefficient (Wildman–Crippen LogP) is 4.14. The van der Waals surface area contributed by atoms with Crippen molar-refractivity contribution in [3.05, 3.63) is 88.5 Å². The van der Waals surface area contributed by atoms with E-state index in [0.717, 1.165) is 10.6 Å². The monoisotopic (exact) mass is 491 g/mol. The van der Waals surface area contributed by atoms with Gasteiger partial charge in [0.05, 0.1) is 12.8 Å². The summed E-state index contributed by atoms with van der Waals surface area (Å²) in [6.45, 7) is 1.55. The molecule has 2 N–H and O–H groups in total. The van der Waals surface area contributed by atoms with Gasteiger partial charge < -0.3 is 14.8 Å². The summed E-state index contributed by atoms with van der Waals surface area (Å²) in [5.41, 5.74) is 4.83. The van der Waals surface area contributed by atoms with Crippen LogP contribution in [0.2, 0.25) is 5.02 Å². The molecule has 178 valence electrons. The standard InChI is InChI=1S/C26H22ClN3O5/c1-16-8-6-7-11-21(16)28-23(31)15-35-24-17(12-18(27)14-22(24)34-2)13-20-25(32)29-30(26(20)33)19-9-4-3-5-10-19/h3-14H,15H2,1-2H3,(H,28,31)(H,29,32)/b20-13-. The molecule has 9 heteroatoms. The van der Waals surface area contributed by atoms with Crippen molar-refractivity contribution in [2.45, 2.75) is 6.92 Å². The maximum atomic E-state index is 13.0. The van der Waals surface area contributed by atoms with Gasteiger partial charge in [-0.15, -0.1) is 0 Å². The number of nitrogens with one attached hydrogen (secondary N) is 2.